The van der Waals surface area contributed by atoms with Gasteiger partial charge in [0.25, 0.3) is 0 Å². The molecule has 8 unspecified atom stereocenters. The van der Waals surface area contributed by atoms with Crippen LogP contribution in [0.15, 0.2) is 0 Å². The van der Waals surface area contributed by atoms with Crippen LogP contribution in [-0.4, -0.2) is 247 Å². The van der Waals surface area contributed by atoms with E-state index < -0.39 is 243 Å². The monoisotopic (exact) mass is 1660 g/mol. The third kappa shape index (κ3) is 34.2. The fraction of sp³-hybridized carbons (Fsp3) is 0.737. The number of rotatable bonds is 46. The molecule has 0 aromatic carbocycles. The third-order valence-electron chi connectivity index (χ3n) is 18.8. The van der Waals surface area contributed by atoms with Crippen molar-refractivity contribution in [3.63, 3.8) is 0 Å². The van der Waals surface area contributed by atoms with Crippen LogP contribution in [0.2, 0.25) is 0 Å². The van der Waals surface area contributed by atoms with Gasteiger partial charge in [-0.3, -0.25) is 95.9 Å². The Morgan fingerprint density at radius 2 is 0.726 bits per heavy atom. The highest BCUT2D eigenvalue weighted by Crippen LogP contribution is 2.24. The van der Waals surface area contributed by atoms with Gasteiger partial charge in [-0.2, -0.15) is 0 Å². The lowest BCUT2D eigenvalue weighted by atomic mass is 9.96. The van der Waals surface area contributed by atoms with Crippen LogP contribution in [0.5, 0.6) is 0 Å². The number of hydrogen-bond acceptors (Lipinski definition) is 21. The number of aliphatic hydroxyl groups excluding tert-OH is 1. The average molecular weight is 1660 g/mol. The predicted molar refractivity (Wildman–Crippen MR) is 427 cm³/mol. The minimum absolute atomic E-state index is 0.0327. The summed E-state index contributed by atoms with van der Waals surface area (Å²) >= 11 is 0. The van der Waals surface area contributed by atoms with Crippen LogP contribution < -0.4 is 102 Å². The van der Waals surface area contributed by atoms with Gasteiger partial charge in [0, 0.05) is 26.3 Å². The van der Waals surface area contributed by atoms with Crippen molar-refractivity contribution >= 4 is 118 Å². The minimum Gasteiger partial charge on any atom is -0.394 e. The molecule has 0 bridgehead atoms. The Labute approximate surface area is 684 Å². The van der Waals surface area contributed by atoms with E-state index in [2.05, 4.69) is 90.4 Å². The normalized spacial score (nSPS) is 15.3. The molecule has 41 nitrogen and oxygen atoms in total. The fourth-order valence-electron chi connectivity index (χ4n) is 11.4. The molecule has 22 N–H and O–H groups in total. The van der Waals surface area contributed by atoms with Gasteiger partial charge in [0.05, 0.1) is 25.7 Å². The van der Waals surface area contributed by atoms with E-state index in [1.165, 1.54) is 136 Å². The lowest BCUT2D eigenvalue weighted by Gasteiger charge is -2.35. The molecular weight excluding hydrogens is 1530 g/mol. The molecule has 662 valence electrons. The van der Waals surface area contributed by atoms with E-state index in [1.54, 1.807) is 41.5 Å². The standard InChI is InChI=1S/C76H132N20O21/c1-38(2)33-46(58(107)93-75(22,23)67(116)95-73(18,19)65(114)86-45(29-31-51(78)100)57(106)84-48(37-97)40(5)6)83-60(109)49-27-26-32-96(49)68(117)76(24,25)90-52(101)35-79-54(103)41(7)82-62(111)72(16,17)94-66(115)74(20,21)91-55(104)42(8)81-56(105)44(28-30-50(77)99)85-64(113)71(14,15)92-59(108)47(34-39(3)4)87-63(112)70(12,13)89-53(102)36-80-61(110)69(10,11)88-43(9)98/h38-42,44-49,97H,26-37H2,1-25H3,(H2,77,99)(H2,78,100)(H,79,103)(H,80,110)(H,81,105)(H,82,111)(H,83,109)(H,84,106)(H,85,113)(H,86,114)(H,87,112)(H,88,98)(H,89,102)(H,90,101)(H,91,104)(H,92,108)(H,93,107)(H,94,115)(H,95,116). The van der Waals surface area contributed by atoms with E-state index in [9.17, 15) is 101 Å². The number of nitrogens with one attached hydrogen (secondary N) is 17. The SMILES string of the molecule is CC(=O)NC(C)(C)C(=O)NCC(=O)NC(C)(C)C(=O)NC(CC(C)C)C(=O)NC(C)(C)C(=O)NC(CCC(N)=O)C(=O)NC(C)C(=O)NC(C)(C)C(=O)NC(C)(C)C(=O)NC(C)C(=O)NCC(=O)NC(C)(C)C(=O)N1CCCC1C(=O)NC(CC(C)C)C(=O)NC(C)(C)C(=O)NC(C)(C)C(=O)NC(CCC(N)=O)C(=O)NC(CO)C(C)C. The molecule has 0 aromatic heterocycles. The Morgan fingerprint density at radius 1 is 0.376 bits per heavy atom. The molecule has 1 rings (SSSR count). The molecule has 0 spiro atoms. The van der Waals surface area contributed by atoms with E-state index >= 15 is 0 Å². The van der Waals surface area contributed by atoms with Crippen molar-refractivity contribution in [3.05, 3.63) is 0 Å². The molecule has 1 fully saturated rings. The van der Waals surface area contributed by atoms with Crippen molar-refractivity contribution in [2.75, 3.05) is 26.2 Å². The number of nitrogens with zero attached hydrogens (tertiary/aromatic N) is 1. The van der Waals surface area contributed by atoms with Gasteiger partial charge in [-0.05, 0) is 181 Å². The zero-order chi connectivity index (χ0) is 91.0. The van der Waals surface area contributed by atoms with Crippen molar-refractivity contribution < 1.29 is 101 Å². The average Bonchev–Trinajstić information content (AvgIpc) is 1.71. The third-order valence-corrected chi connectivity index (χ3v) is 18.8. The summed E-state index contributed by atoms with van der Waals surface area (Å²) in [5, 5.41) is 52.6. The molecule has 8 atom stereocenters. The molecule has 20 amide bonds. The Hall–Kier alpha value is -10.6. The van der Waals surface area contributed by atoms with E-state index in [4.69, 9.17) is 11.5 Å². The van der Waals surface area contributed by atoms with Crippen molar-refractivity contribution in [1.82, 2.24) is 95.3 Å². The number of amides is 20. The molecule has 117 heavy (non-hydrogen) atoms. The van der Waals surface area contributed by atoms with Crippen LogP contribution in [0.4, 0.5) is 0 Å². The maximum atomic E-state index is 14.2. The van der Waals surface area contributed by atoms with Gasteiger partial charge in [-0.1, -0.05) is 41.5 Å². The summed E-state index contributed by atoms with van der Waals surface area (Å²) in [5.74, 6) is -17.0. The number of primary amides is 2. The van der Waals surface area contributed by atoms with Gasteiger partial charge in [-0.25, -0.2) is 0 Å². The molecule has 1 aliphatic heterocycles. The summed E-state index contributed by atoms with van der Waals surface area (Å²) in [6.45, 7) is 34.0. The van der Waals surface area contributed by atoms with Crippen LogP contribution in [0, 0.1) is 17.8 Å². The number of aliphatic hydroxyl groups is 1. The summed E-state index contributed by atoms with van der Waals surface area (Å²) in [5.41, 5.74) is -2.96. The quantitative estimate of drug-likeness (QED) is 0.0272. The fourth-order valence-corrected chi connectivity index (χ4v) is 11.4. The summed E-state index contributed by atoms with van der Waals surface area (Å²) in [7, 11) is 0. The van der Waals surface area contributed by atoms with Crippen molar-refractivity contribution in [1.29, 1.82) is 0 Å². The first-order chi connectivity index (χ1) is 53.2. The highest BCUT2D eigenvalue weighted by Gasteiger charge is 2.46. The van der Waals surface area contributed by atoms with Gasteiger partial charge in [0.1, 0.15) is 86.6 Å². The number of nitrogens with two attached hydrogens (primary N) is 2. The van der Waals surface area contributed by atoms with E-state index in [1.807, 2.05) is 0 Å². The molecule has 41 heteroatoms. The summed E-state index contributed by atoms with van der Waals surface area (Å²) in [6, 6.07) is -10.0. The Kier molecular flexibility index (Phi) is 38.8. The van der Waals surface area contributed by atoms with Gasteiger partial charge in [-0.15, -0.1) is 0 Å². The number of hydrogen-bond donors (Lipinski definition) is 20. The second-order valence-corrected chi connectivity index (χ2v) is 35.1. The molecule has 1 saturated heterocycles. The molecule has 0 radical (unpaired) electrons. The zero-order valence-corrected chi connectivity index (χ0v) is 72.6. The molecular formula is C76H132N20O21. The Bertz CT molecular complexity index is 3700. The predicted octanol–water partition coefficient (Wildman–Crippen LogP) is -4.91. The highest BCUT2D eigenvalue weighted by molar-refractivity contribution is 6.04. The Balaban J connectivity index is 3.07. The first-order valence-electron chi connectivity index (χ1n) is 38.9. The second kappa shape index (κ2) is 43.5. The summed E-state index contributed by atoms with van der Waals surface area (Å²) in [6.07, 6.45) is -0.725. The summed E-state index contributed by atoms with van der Waals surface area (Å²) < 4.78 is 0. The molecule has 1 aliphatic rings. The topological polar surface area (TPSA) is 621 Å². The number of likely N-dealkylation sites (tertiary alicyclic amines) is 1. The van der Waals surface area contributed by atoms with E-state index in [-0.39, 0.29) is 56.4 Å². The lowest BCUT2D eigenvalue weighted by molar-refractivity contribution is -0.145. The van der Waals surface area contributed by atoms with Crippen molar-refractivity contribution in [2.24, 2.45) is 29.2 Å². The minimum atomic E-state index is -1.85. The number of carbonyl (C=O) groups excluding carboxylic acids is 20. The zero-order valence-electron chi connectivity index (χ0n) is 72.6. The van der Waals surface area contributed by atoms with Crippen LogP contribution >= 0.6 is 0 Å². The molecule has 0 saturated carbocycles. The highest BCUT2D eigenvalue weighted by atomic mass is 16.3. The Morgan fingerprint density at radius 3 is 1.14 bits per heavy atom. The summed E-state index contributed by atoms with van der Waals surface area (Å²) in [4.78, 5) is 269. The maximum Gasteiger partial charge on any atom is 0.248 e. The van der Waals surface area contributed by atoms with Gasteiger partial charge in [0.15, 0.2) is 0 Å². The molecule has 1 heterocycles. The van der Waals surface area contributed by atoms with Gasteiger partial charge >= 0.3 is 0 Å². The van der Waals surface area contributed by atoms with Crippen LogP contribution in [0.1, 0.15) is 224 Å². The van der Waals surface area contributed by atoms with Crippen molar-refractivity contribution in [2.45, 2.75) is 317 Å². The maximum absolute atomic E-state index is 14.2. The lowest BCUT2D eigenvalue weighted by Crippen LogP contribution is -2.66. The van der Waals surface area contributed by atoms with E-state index in [0.717, 1.165) is 0 Å². The molecule has 0 aromatic rings. The first kappa shape index (κ1) is 104. The van der Waals surface area contributed by atoms with Gasteiger partial charge in [0.2, 0.25) is 118 Å². The smallest absolute Gasteiger partial charge is 0.248 e. The first-order valence-corrected chi connectivity index (χ1v) is 38.9. The van der Waals surface area contributed by atoms with Crippen LogP contribution in [0.3, 0.4) is 0 Å². The number of carbonyl (C=O) groups is 20. The van der Waals surface area contributed by atoms with Crippen LogP contribution in [-0.2, 0) is 95.9 Å². The van der Waals surface area contributed by atoms with Crippen molar-refractivity contribution in [3.8, 4) is 0 Å². The van der Waals surface area contributed by atoms with Crippen LogP contribution in [0.25, 0.3) is 0 Å². The van der Waals surface area contributed by atoms with E-state index in [0.29, 0.717) is 6.42 Å². The largest absolute Gasteiger partial charge is 0.394 e. The second-order valence-electron chi connectivity index (χ2n) is 35.1. The molecule has 0 aliphatic carbocycles. The van der Waals surface area contributed by atoms with Gasteiger partial charge < -0.3 is 112 Å².